The number of hydrogen-bond donors (Lipinski definition) is 2. The lowest BCUT2D eigenvalue weighted by Crippen LogP contribution is -2.37. The molecule has 1 unspecified atom stereocenters. The Morgan fingerprint density at radius 1 is 1.29 bits per heavy atom. The Morgan fingerprint density at radius 3 is 2.29 bits per heavy atom. The van der Waals surface area contributed by atoms with Gasteiger partial charge in [0, 0.05) is 0 Å². The predicted octanol–water partition coefficient (Wildman–Crippen LogP) is 1.44. The molecule has 5 heteroatoms. The third kappa shape index (κ3) is 6.26. The lowest BCUT2D eigenvalue weighted by molar-refractivity contribution is -0.164. The first-order valence-electron chi connectivity index (χ1n) is 5.97. The molecule has 0 radical (unpaired) electrons. The van der Waals surface area contributed by atoms with Gasteiger partial charge in [0.05, 0.1) is 12.5 Å². The van der Waals surface area contributed by atoms with Crippen molar-refractivity contribution < 1.29 is 24.5 Å². The molecule has 0 aromatic heterocycles. The molecule has 0 aliphatic heterocycles. The van der Waals surface area contributed by atoms with Crippen LogP contribution in [-0.2, 0) is 14.3 Å². The molecule has 0 heterocycles. The van der Waals surface area contributed by atoms with Crippen molar-refractivity contribution in [3.63, 3.8) is 0 Å². The standard InChI is InChI=1S/C12H22O5/c1-4-5-6-17-12(16)10(13)9(11(14)15)7-8(2)3/h8-10,13H,4-7H2,1-3H3,(H,14,15)/t9-,10?/m1/s1. The molecule has 0 saturated carbocycles. The van der Waals surface area contributed by atoms with Crippen LogP contribution in [0.1, 0.15) is 40.0 Å². The van der Waals surface area contributed by atoms with Crippen molar-refractivity contribution in [3.8, 4) is 0 Å². The van der Waals surface area contributed by atoms with E-state index in [0.717, 1.165) is 6.42 Å². The molecule has 0 spiro atoms. The molecule has 2 atom stereocenters. The first-order valence-corrected chi connectivity index (χ1v) is 5.97. The summed E-state index contributed by atoms with van der Waals surface area (Å²) >= 11 is 0. The third-order valence-corrected chi connectivity index (χ3v) is 2.41. The number of carboxylic acid groups (broad SMARTS) is 1. The molecule has 0 saturated heterocycles. The van der Waals surface area contributed by atoms with Crippen molar-refractivity contribution in [1.82, 2.24) is 0 Å². The number of aliphatic hydroxyl groups excluding tert-OH is 1. The van der Waals surface area contributed by atoms with Crippen molar-refractivity contribution in [2.75, 3.05) is 6.61 Å². The monoisotopic (exact) mass is 246 g/mol. The molecule has 0 amide bonds. The van der Waals surface area contributed by atoms with Gasteiger partial charge in [-0.1, -0.05) is 27.2 Å². The maximum Gasteiger partial charge on any atom is 0.335 e. The minimum atomic E-state index is -1.58. The Morgan fingerprint density at radius 2 is 1.88 bits per heavy atom. The van der Waals surface area contributed by atoms with E-state index in [2.05, 4.69) is 0 Å². The van der Waals surface area contributed by atoms with E-state index >= 15 is 0 Å². The Balaban J connectivity index is 4.34. The summed E-state index contributed by atoms with van der Waals surface area (Å²) in [6, 6.07) is 0. The number of carbonyl (C=O) groups is 2. The maximum atomic E-state index is 11.4. The normalized spacial score (nSPS) is 14.4. The van der Waals surface area contributed by atoms with Crippen LogP contribution in [0.4, 0.5) is 0 Å². The van der Waals surface area contributed by atoms with E-state index in [1.165, 1.54) is 0 Å². The van der Waals surface area contributed by atoms with Crippen LogP contribution in [0.2, 0.25) is 0 Å². The molecule has 0 aromatic rings. The van der Waals surface area contributed by atoms with Gasteiger partial charge in [-0.05, 0) is 18.8 Å². The van der Waals surface area contributed by atoms with Gasteiger partial charge in [-0.3, -0.25) is 4.79 Å². The zero-order valence-electron chi connectivity index (χ0n) is 10.7. The van der Waals surface area contributed by atoms with Gasteiger partial charge < -0.3 is 14.9 Å². The second-order valence-electron chi connectivity index (χ2n) is 4.54. The van der Waals surface area contributed by atoms with Crippen LogP contribution >= 0.6 is 0 Å². The van der Waals surface area contributed by atoms with E-state index in [0.29, 0.717) is 6.42 Å². The van der Waals surface area contributed by atoms with Crippen molar-refractivity contribution in [3.05, 3.63) is 0 Å². The van der Waals surface area contributed by atoms with E-state index < -0.39 is 24.0 Å². The Kier molecular flexibility index (Phi) is 7.54. The quantitative estimate of drug-likeness (QED) is 0.500. The van der Waals surface area contributed by atoms with E-state index in [1.807, 2.05) is 20.8 Å². The highest BCUT2D eigenvalue weighted by Crippen LogP contribution is 2.17. The van der Waals surface area contributed by atoms with Crippen LogP contribution in [0.3, 0.4) is 0 Å². The average Bonchev–Trinajstić information content (AvgIpc) is 2.24. The molecule has 0 fully saturated rings. The van der Waals surface area contributed by atoms with Gasteiger partial charge in [0.2, 0.25) is 0 Å². The Bertz CT molecular complexity index is 249. The Labute approximate surface area is 102 Å². The largest absolute Gasteiger partial charge is 0.481 e. The summed E-state index contributed by atoms with van der Waals surface area (Å²) in [4.78, 5) is 22.4. The smallest absolute Gasteiger partial charge is 0.335 e. The van der Waals surface area contributed by atoms with Crippen LogP contribution < -0.4 is 0 Å². The predicted molar refractivity (Wildman–Crippen MR) is 62.5 cm³/mol. The minimum Gasteiger partial charge on any atom is -0.481 e. The number of hydrogen-bond acceptors (Lipinski definition) is 4. The summed E-state index contributed by atoms with van der Waals surface area (Å²) in [5.41, 5.74) is 0. The fourth-order valence-electron chi connectivity index (χ4n) is 1.44. The zero-order valence-corrected chi connectivity index (χ0v) is 10.7. The molecular formula is C12H22O5. The first-order chi connectivity index (χ1) is 7.90. The average molecular weight is 246 g/mol. The SMILES string of the molecule is CCCCOC(=O)C(O)[C@@H](CC(C)C)C(=O)O. The Hall–Kier alpha value is -1.10. The number of esters is 1. The molecule has 0 aromatic carbocycles. The van der Waals surface area contributed by atoms with Crippen LogP contribution in [0.5, 0.6) is 0 Å². The molecule has 0 aliphatic rings. The highest BCUT2D eigenvalue weighted by Gasteiger charge is 2.33. The van der Waals surface area contributed by atoms with Gasteiger partial charge in [0.1, 0.15) is 0 Å². The summed E-state index contributed by atoms with van der Waals surface area (Å²) in [7, 11) is 0. The lowest BCUT2D eigenvalue weighted by Gasteiger charge is -2.19. The highest BCUT2D eigenvalue weighted by atomic mass is 16.5. The van der Waals surface area contributed by atoms with Crippen LogP contribution in [0, 0.1) is 11.8 Å². The summed E-state index contributed by atoms with van der Waals surface area (Å²) < 4.78 is 4.80. The molecule has 0 bridgehead atoms. The topological polar surface area (TPSA) is 83.8 Å². The number of aliphatic carboxylic acids is 1. The number of aliphatic hydroxyl groups is 1. The third-order valence-electron chi connectivity index (χ3n) is 2.41. The number of ether oxygens (including phenoxy) is 1. The number of unbranched alkanes of at least 4 members (excludes halogenated alkanes) is 1. The molecular weight excluding hydrogens is 224 g/mol. The van der Waals surface area contributed by atoms with Gasteiger partial charge >= 0.3 is 11.9 Å². The summed E-state index contributed by atoms with van der Waals surface area (Å²) in [5.74, 6) is -3.01. The van der Waals surface area contributed by atoms with Gasteiger partial charge in [-0.15, -0.1) is 0 Å². The molecule has 17 heavy (non-hydrogen) atoms. The van der Waals surface area contributed by atoms with Crippen molar-refractivity contribution in [2.45, 2.75) is 46.1 Å². The van der Waals surface area contributed by atoms with Gasteiger partial charge in [-0.25, -0.2) is 4.79 Å². The van der Waals surface area contributed by atoms with Crippen LogP contribution in [0.15, 0.2) is 0 Å². The fourth-order valence-corrected chi connectivity index (χ4v) is 1.44. The number of carboxylic acids is 1. The molecule has 5 nitrogen and oxygen atoms in total. The molecule has 100 valence electrons. The van der Waals surface area contributed by atoms with E-state index in [1.54, 1.807) is 0 Å². The number of carbonyl (C=O) groups excluding carboxylic acids is 1. The summed E-state index contributed by atoms with van der Waals surface area (Å²) in [5, 5.41) is 18.6. The minimum absolute atomic E-state index is 0.0918. The fraction of sp³-hybridized carbons (Fsp3) is 0.833. The first kappa shape index (κ1) is 15.9. The highest BCUT2D eigenvalue weighted by molar-refractivity contribution is 5.82. The summed E-state index contributed by atoms with van der Waals surface area (Å²) in [6.45, 7) is 5.85. The van der Waals surface area contributed by atoms with Crippen molar-refractivity contribution >= 4 is 11.9 Å². The van der Waals surface area contributed by atoms with Gasteiger partial charge in [0.25, 0.3) is 0 Å². The second-order valence-corrected chi connectivity index (χ2v) is 4.54. The molecule has 0 aliphatic carbocycles. The van der Waals surface area contributed by atoms with E-state index in [4.69, 9.17) is 9.84 Å². The second kappa shape index (κ2) is 8.06. The van der Waals surface area contributed by atoms with Gasteiger partial charge in [-0.2, -0.15) is 0 Å². The van der Waals surface area contributed by atoms with Crippen molar-refractivity contribution in [1.29, 1.82) is 0 Å². The molecule has 0 rings (SSSR count). The van der Waals surface area contributed by atoms with Crippen molar-refractivity contribution in [2.24, 2.45) is 11.8 Å². The van der Waals surface area contributed by atoms with Crippen LogP contribution in [0.25, 0.3) is 0 Å². The zero-order chi connectivity index (χ0) is 13.4. The maximum absolute atomic E-state index is 11.4. The summed E-state index contributed by atoms with van der Waals surface area (Å²) in [6.07, 6.45) is 0.254. The number of rotatable bonds is 8. The van der Waals surface area contributed by atoms with Crippen LogP contribution in [-0.4, -0.2) is 34.9 Å². The lowest BCUT2D eigenvalue weighted by atomic mass is 9.92. The molecule has 2 N–H and O–H groups in total. The van der Waals surface area contributed by atoms with E-state index in [-0.39, 0.29) is 18.9 Å². The van der Waals surface area contributed by atoms with E-state index in [9.17, 15) is 14.7 Å². The van der Waals surface area contributed by atoms with Gasteiger partial charge in [0.15, 0.2) is 6.10 Å².